The Morgan fingerprint density at radius 1 is 0.676 bits per heavy atom. The standard InChI is InChI=1S/C28H24BrNO4/c1-3-33-27(31)23-24(28(32)34-4-2)26(20-13-9-6-10-14-20)30(22-17-15-21(29)16-18-22)25(23)19-11-7-5-8-12-19/h5-18H,3-4H2,1-2H3. The zero-order chi connectivity index (χ0) is 24.1. The van der Waals surface area contributed by atoms with Gasteiger partial charge in [-0.15, -0.1) is 0 Å². The first-order valence-electron chi connectivity index (χ1n) is 11.1. The Kier molecular flexibility index (Phi) is 7.28. The molecule has 0 amide bonds. The fourth-order valence-electron chi connectivity index (χ4n) is 3.96. The van der Waals surface area contributed by atoms with Crippen molar-refractivity contribution < 1.29 is 19.1 Å². The first kappa shape index (κ1) is 23.5. The average molecular weight is 518 g/mol. The summed E-state index contributed by atoms with van der Waals surface area (Å²) in [4.78, 5) is 26.8. The van der Waals surface area contributed by atoms with Crippen LogP contribution < -0.4 is 0 Å². The van der Waals surface area contributed by atoms with E-state index in [1.165, 1.54) is 0 Å². The van der Waals surface area contributed by atoms with E-state index in [1.807, 2.05) is 89.5 Å². The van der Waals surface area contributed by atoms with Gasteiger partial charge in [0.15, 0.2) is 0 Å². The molecule has 5 nitrogen and oxygen atoms in total. The first-order chi connectivity index (χ1) is 16.6. The van der Waals surface area contributed by atoms with Gasteiger partial charge in [-0.05, 0) is 49.2 Å². The molecule has 0 unspecified atom stereocenters. The summed E-state index contributed by atoms with van der Waals surface area (Å²) in [6.07, 6.45) is 0. The lowest BCUT2D eigenvalue weighted by atomic mass is 10.0. The molecular weight excluding hydrogens is 494 g/mol. The summed E-state index contributed by atoms with van der Waals surface area (Å²) in [6, 6.07) is 26.8. The van der Waals surface area contributed by atoms with Crippen LogP contribution in [0, 0.1) is 0 Å². The molecule has 0 aliphatic rings. The quantitative estimate of drug-likeness (QED) is 0.249. The van der Waals surface area contributed by atoms with Gasteiger partial charge in [0.25, 0.3) is 0 Å². The van der Waals surface area contributed by atoms with Crippen molar-refractivity contribution in [3.63, 3.8) is 0 Å². The van der Waals surface area contributed by atoms with Crippen LogP contribution in [0.25, 0.3) is 28.2 Å². The predicted molar refractivity (Wildman–Crippen MR) is 136 cm³/mol. The third-order valence-electron chi connectivity index (χ3n) is 5.31. The number of carbonyl (C=O) groups is 2. The first-order valence-corrected chi connectivity index (χ1v) is 11.9. The van der Waals surface area contributed by atoms with E-state index in [1.54, 1.807) is 13.8 Å². The summed E-state index contributed by atoms with van der Waals surface area (Å²) in [7, 11) is 0. The lowest BCUT2D eigenvalue weighted by Gasteiger charge is -2.15. The van der Waals surface area contributed by atoms with Crippen LogP contribution in [0.4, 0.5) is 0 Å². The molecule has 0 aliphatic heterocycles. The summed E-state index contributed by atoms with van der Waals surface area (Å²) < 4.78 is 13.8. The monoisotopic (exact) mass is 517 g/mol. The highest BCUT2D eigenvalue weighted by atomic mass is 79.9. The van der Waals surface area contributed by atoms with Gasteiger partial charge in [0.2, 0.25) is 0 Å². The second kappa shape index (κ2) is 10.5. The maximum atomic E-state index is 13.4. The number of halogens is 1. The number of esters is 2. The number of aromatic nitrogens is 1. The van der Waals surface area contributed by atoms with E-state index >= 15 is 0 Å². The maximum Gasteiger partial charge on any atom is 0.341 e. The number of ether oxygens (including phenoxy) is 2. The molecule has 0 N–H and O–H groups in total. The normalized spacial score (nSPS) is 10.7. The van der Waals surface area contributed by atoms with Crippen LogP contribution in [0.5, 0.6) is 0 Å². The van der Waals surface area contributed by atoms with Crippen molar-refractivity contribution in [2.45, 2.75) is 13.8 Å². The van der Waals surface area contributed by atoms with Crippen molar-refractivity contribution in [2.24, 2.45) is 0 Å². The van der Waals surface area contributed by atoms with Gasteiger partial charge in [-0.1, -0.05) is 76.6 Å². The topological polar surface area (TPSA) is 57.5 Å². The van der Waals surface area contributed by atoms with Gasteiger partial charge in [0, 0.05) is 10.2 Å². The Labute approximate surface area is 207 Å². The number of hydrogen-bond acceptors (Lipinski definition) is 4. The third kappa shape index (κ3) is 4.54. The SMILES string of the molecule is CCOC(=O)c1c(C(=O)OCC)c(-c2ccccc2)n(-c2ccc(Br)cc2)c1-c1ccccc1. The van der Waals surface area contributed by atoms with Crippen molar-refractivity contribution in [1.29, 1.82) is 0 Å². The molecule has 0 radical (unpaired) electrons. The Bertz CT molecular complexity index is 1220. The van der Waals surface area contributed by atoms with Crippen LogP contribution in [0.3, 0.4) is 0 Å². The zero-order valence-corrected chi connectivity index (χ0v) is 20.5. The molecule has 6 heteroatoms. The second-order valence-corrected chi connectivity index (χ2v) is 8.35. The largest absolute Gasteiger partial charge is 0.462 e. The van der Waals surface area contributed by atoms with Gasteiger partial charge >= 0.3 is 11.9 Å². The second-order valence-electron chi connectivity index (χ2n) is 7.43. The molecule has 172 valence electrons. The van der Waals surface area contributed by atoms with E-state index < -0.39 is 11.9 Å². The number of rotatable bonds is 7. The van der Waals surface area contributed by atoms with Crippen LogP contribution in [-0.2, 0) is 9.47 Å². The predicted octanol–water partition coefficient (Wildman–Crippen LogP) is 6.93. The Morgan fingerprint density at radius 2 is 1.09 bits per heavy atom. The minimum atomic E-state index is -0.572. The van der Waals surface area contributed by atoms with Crippen LogP contribution in [0.2, 0.25) is 0 Å². The number of carbonyl (C=O) groups excluding carboxylic acids is 2. The van der Waals surface area contributed by atoms with Gasteiger partial charge in [0.05, 0.1) is 24.6 Å². The lowest BCUT2D eigenvalue weighted by molar-refractivity contribution is 0.0481. The zero-order valence-electron chi connectivity index (χ0n) is 19.0. The van der Waals surface area contributed by atoms with Crippen LogP contribution >= 0.6 is 15.9 Å². The van der Waals surface area contributed by atoms with Gasteiger partial charge < -0.3 is 14.0 Å². The van der Waals surface area contributed by atoms with E-state index in [-0.39, 0.29) is 24.3 Å². The highest BCUT2D eigenvalue weighted by molar-refractivity contribution is 9.10. The molecule has 0 atom stereocenters. The Hall–Kier alpha value is -3.64. The summed E-state index contributed by atoms with van der Waals surface area (Å²) in [5.74, 6) is -1.14. The van der Waals surface area contributed by atoms with Crippen LogP contribution in [0.1, 0.15) is 34.6 Å². The van der Waals surface area contributed by atoms with Crippen molar-refractivity contribution in [1.82, 2.24) is 4.57 Å². The number of benzene rings is 3. The molecule has 0 fully saturated rings. The smallest absolute Gasteiger partial charge is 0.341 e. The molecular formula is C28H24BrNO4. The third-order valence-corrected chi connectivity index (χ3v) is 5.84. The molecule has 0 saturated carbocycles. The highest BCUT2D eigenvalue weighted by Crippen LogP contribution is 2.41. The Morgan fingerprint density at radius 3 is 1.47 bits per heavy atom. The highest BCUT2D eigenvalue weighted by Gasteiger charge is 2.34. The average Bonchev–Trinajstić information content (AvgIpc) is 3.22. The molecule has 0 aliphatic carbocycles. The maximum absolute atomic E-state index is 13.4. The van der Waals surface area contributed by atoms with Crippen molar-refractivity contribution >= 4 is 27.9 Å². The fourth-order valence-corrected chi connectivity index (χ4v) is 4.23. The fraction of sp³-hybridized carbons (Fsp3) is 0.143. The van der Waals surface area contributed by atoms with E-state index in [9.17, 15) is 9.59 Å². The van der Waals surface area contributed by atoms with Gasteiger partial charge in [-0.25, -0.2) is 9.59 Å². The number of hydrogen-bond donors (Lipinski definition) is 0. The minimum absolute atomic E-state index is 0.180. The summed E-state index contributed by atoms with van der Waals surface area (Å²) in [6.45, 7) is 3.85. The molecule has 4 rings (SSSR count). The van der Waals surface area contributed by atoms with Gasteiger partial charge in [-0.3, -0.25) is 0 Å². The molecule has 34 heavy (non-hydrogen) atoms. The molecule has 1 aromatic heterocycles. The Balaban J connectivity index is 2.21. The van der Waals surface area contributed by atoms with E-state index in [2.05, 4.69) is 15.9 Å². The molecule has 3 aromatic carbocycles. The molecule has 1 heterocycles. The summed E-state index contributed by atoms with van der Waals surface area (Å²) in [5, 5.41) is 0. The van der Waals surface area contributed by atoms with Crippen molar-refractivity contribution in [2.75, 3.05) is 13.2 Å². The van der Waals surface area contributed by atoms with Gasteiger partial charge in [-0.2, -0.15) is 0 Å². The molecule has 0 bridgehead atoms. The van der Waals surface area contributed by atoms with Crippen molar-refractivity contribution in [3.05, 3.63) is 101 Å². The molecule has 4 aromatic rings. The summed E-state index contributed by atoms with van der Waals surface area (Å²) >= 11 is 3.49. The van der Waals surface area contributed by atoms with E-state index in [0.29, 0.717) is 11.4 Å². The number of nitrogens with zero attached hydrogens (tertiary/aromatic N) is 1. The van der Waals surface area contributed by atoms with Crippen LogP contribution in [0.15, 0.2) is 89.4 Å². The van der Waals surface area contributed by atoms with E-state index in [0.717, 1.165) is 21.3 Å². The molecule has 0 saturated heterocycles. The van der Waals surface area contributed by atoms with Gasteiger partial charge in [0.1, 0.15) is 11.1 Å². The van der Waals surface area contributed by atoms with Crippen molar-refractivity contribution in [3.8, 4) is 28.2 Å². The van der Waals surface area contributed by atoms with Crippen LogP contribution in [-0.4, -0.2) is 29.7 Å². The summed E-state index contributed by atoms with van der Waals surface area (Å²) in [5.41, 5.74) is 3.87. The lowest BCUT2D eigenvalue weighted by Crippen LogP contribution is -2.13. The van der Waals surface area contributed by atoms with E-state index in [4.69, 9.17) is 9.47 Å². The minimum Gasteiger partial charge on any atom is -0.462 e. The molecule has 0 spiro atoms.